The zero-order valence-corrected chi connectivity index (χ0v) is 10.5. The number of hydrogen-bond donors (Lipinski definition) is 2. The van der Waals surface area contributed by atoms with Crippen LogP contribution in [0.15, 0.2) is 18.2 Å². The molecule has 0 amide bonds. The van der Waals surface area contributed by atoms with Crippen molar-refractivity contribution in [2.75, 3.05) is 5.32 Å². The molecule has 4 atom stereocenters. The third kappa shape index (κ3) is 2.10. The van der Waals surface area contributed by atoms with E-state index in [1.165, 1.54) is 12.1 Å². The van der Waals surface area contributed by atoms with Crippen LogP contribution in [0.5, 0.6) is 0 Å². The Morgan fingerprint density at radius 3 is 2.68 bits per heavy atom. The first-order chi connectivity index (χ1) is 8.86. The lowest BCUT2D eigenvalue weighted by atomic mass is 9.80. The van der Waals surface area contributed by atoms with E-state index in [1.807, 2.05) is 6.92 Å². The van der Waals surface area contributed by atoms with Crippen LogP contribution in [0.4, 0.5) is 18.9 Å². The standard InChI is InChI=1S/C14H16F3NO/c1-7-10-5-9(19)6-11(10)12-4-8(14(15,16)17)2-3-13(12)18-7/h2-4,7,9-11,18-19H,5-6H2,1H3/t7-,9-,10-,11-/m0/s1. The van der Waals surface area contributed by atoms with Crippen molar-refractivity contribution in [3.63, 3.8) is 0 Å². The van der Waals surface area contributed by atoms with Gasteiger partial charge in [0.05, 0.1) is 11.7 Å². The van der Waals surface area contributed by atoms with E-state index in [1.54, 1.807) is 0 Å². The Labute approximate surface area is 109 Å². The number of benzene rings is 1. The van der Waals surface area contributed by atoms with Gasteiger partial charge in [0.25, 0.3) is 0 Å². The summed E-state index contributed by atoms with van der Waals surface area (Å²) in [5.74, 6) is 0.245. The minimum absolute atomic E-state index is 0.0311. The molecule has 0 spiro atoms. The van der Waals surface area contributed by atoms with Gasteiger partial charge in [-0.05, 0) is 55.4 Å². The Morgan fingerprint density at radius 2 is 2.00 bits per heavy atom. The Kier molecular flexibility index (Phi) is 2.78. The zero-order chi connectivity index (χ0) is 13.8. The van der Waals surface area contributed by atoms with Gasteiger partial charge in [-0.1, -0.05) is 0 Å². The Hall–Kier alpha value is -1.23. The molecule has 2 nitrogen and oxygen atoms in total. The van der Waals surface area contributed by atoms with Crippen molar-refractivity contribution >= 4 is 5.69 Å². The lowest BCUT2D eigenvalue weighted by molar-refractivity contribution is -0.137. The lowest BCUT2D eigenvalue weighted by Crippen LogP contribution is -2.33. The van der Waals surface area contributed by atoms with Crippen molar-refractivity contribution in [2.45, 2.75) is 44.0 Å². The second kappa shape index (κ2) is 4.13. The summed E-state index contributed by atoms with van der Waals surface area (Å²) in [5.41, 5.74) is 0.869. The van der Waals surface area contributed by atoms with E-state index < -0.39 is 17.8 Å². The van der Waals surface area contributed by atoms with Crippen LogP contribution < -0.4 is 5.32 Å². The maximum atomic E-state index is 12.8. The first-order valence-electron chi connectivity index (χ1n) is 6.52. The number of aliphatic hydroxyl groups excluding tert-OH is 1. The molecule has 5 heteroatoms. The fourth-order valence-corrected chi connectivity index (χ4v) is 3.48. The molecule has 1 aromatic carbocycles. The van der Waals surface area contributed by atoms with Crippen LogP contribution in [0.2, 0.25) is 0 Å². The molecule has 0 unspecified atom stereocenters. The van der Waals surface area contributed by atoms with Crippen molar-refractivity contribution in [1.82, 2.24) is 0 Å². The molecule has 1 aliphatic carbocycles. The molecule has 2 N–H and O–H groups in total. The van der Waals surface area contributed by atoms with E-state index in [0.29, 0.717) is 18.4 Å². The highest BCUT2D eigenvalue weighted by atomic mass is 19.4. The summed E-state index contributed by atoms with van der Waals surface area (Å²) in [6.45, 7) is 2.02. The number of aliphatic hydroxyl groups is 1. The van der Waals surface area contributed by atoms with Crippen LogP contribution in [0.25, 0.3) is 0 Å². The fourth-order valence-electron chi connectivity index (χ4n) is 3.48. The largest absolute Gasteiger partial charge is 0.416 e. The van der Waals surface area contributed by atoms with Crippen LogP contribution in [0.3, 0.4) is 0 Å². The molecule has 1 fully saturated rings. The number of anilines is 1. The summed E-state index contributed by atoms with van der Waals surface area (Å²) < 4.78 is 38.4. The lowest BCUT2D eigenvalue weighted by Gasteiger charge is -2.35. The second-order valence-electron chi connectivity index (χ2n) is 5.63. The normalized spacial score (nSPS) is 33.5. The van der Waals surface area contributed by atoms with Gasteiger partial charge in [-0.25, -0.2) is 0 Å². The first kappa shape index (κ1) is 12.8. The first-order valence-corrected chi connectivity index (χ1v) is 6.52. The number of halogens is 3. The highest BCUT2D eigenvalue weighted by Crippen LogP contribution is 2.49. The van der Waals surface area contributed by atoms with E-state index in [-0.39, 0.29) is 17.9 Å². The van der Waals surface area contributed by atoms with Gasteiger partial charge in [-0.2, -0.15) is 13.2 Å². The molecule has 1 aliphatic heterocycles. The number of fused-ring (bicyclic) bond motifs is 3. The summed E-state index contributed by atoms with van der Waals surface area (Å²) in [6, 6.07) is 4.05. The number of nitrogens with one attached hydrogen (secondary N) is 1. The molecule has 104 valence electrons. The van der Waals surface area contributed by atoms with Crippen LogP contribution in [-0.2, 0) is 6.18 Å². The van der Waals surface area contributed by atoms with E-state index in [4.69, 9.17) is 0 Å². The number of alkyl halides is 3. The van der Waals surface area contributed by atoms with Crippen molar-refractivity contribution < 1.29 is 18.3 Å². The highest BCUT2D eigenvalue weighted by Gasteiger charge is 2.42. The van der Waals surface area contributed by atoms with Crippen LogP contribution >= 0.6 is 0 Å². The third-order valence-corrected chi connectivity index (χ3v) is 4.39. The summed E-state index contributed by atoms with van der Waals surface area (Å²) in [6.07, 6.45) is -3.50. The number of rotatable bonds is 0. The average molecular weight is 271 g/mol. The van der Waals surface area contributed by atoms with E-state index >= 15 is 0 Å². The quantitative estimate of drug-likeness (QED) is 0.758. The minimum atomic E-state index is -4.31. The minimum Gasteiger partial charge on any atom is -0.393 e. The predicted molar refractivity (Wildman–Crippen MR) is 66.0 cm³/mol. The van der Waals surface area contributed by atoms with Gasteiger partial charge in [0.15, 0.2) is 0 Å². The second-order valence-corrected chi connectivity index (χ2v) is 5.63. The van der Waals surface area contributed by atoms with Crippen molar-refractivity contribution in [2.24, 2.45) is 5.92 Å². The van der Waals surface area contributed by atoms with Gasteiger partial charge in [-0.15, -0.1) is 0 Å². The van der Waals surface area contributed by atoms with Gasteiger partial charge < -0.3 is 10.4 Å². The van der Waals surface area contributed by atoms with E-state index in [9.17, 15) is 18.3 Å². The Bertz CT molecular complexity index is 500. The van der Waals surface area contributed by atoms with Gasteiger partial charge in [0.2, 0.25) is 0 Å². The van der Waals surface area contributed by atoms with Crippen molar-refractivity contribution in [3.05, 3.63) is 29.3 Å². The molecule has 0 saturated heterocycles. The van der Waals surface area contributed by atoms with Gasteiger partial charge in [-0.3, -0.25) is 0 Å². The number of hydrogen-bond acceptors (Lipinski definition) is 2. The summed E-state index contributed by atoms with van der Waals surface area (Å²) in [5, 5.41) is 13.0. The summed E-state index contributed by atoms with van der Waals surface area (Å²) >= 11 is 0. The Balaban J connectivity index is 2.04. The van der Waals surface area contributed by atoms with Crippen molar-refractivity contribution in [3.8, 4) is 0 Å². The monoisotopic (exact) mass is 271 g/mol. The molecule has 0 aromatic heterocycles. The molecule has 1 aromatic rings. The molecule has 19 heavy (non-hydrogen) atoms. The molecular formula is C14H16F3NO. The fraction of sp³-hybridized carbons (Fsp3) is 0.571. The van der Waals surface area contributed by atoms with Gasteiger partial charge in [0, 0.05) is 11.7 Å². The van der Waals surface area contributed by atoms with Gasteiger partial charge in [0.1, 0.15) is 0 Å². The van der Waals surface area contributed by atoms with E-state index in [2.05, 4.69) is 5.32 Å². The van der Waals surface area contributed by atoms with Crippen LogP contribution in [-0.4, -0.2) is 17.3 Å². The topological polar surface area (TPSA) is 32.3 Å². The SMILES string of the molecule is C[C@@H]1Nc2ccc(C(F)(F)F)cc2[C@H]2C[C@@H](O)C[C@@H]12. The summed E-state index contributed by atoms with van der Waals surface area (Å²) in [4.78, 5) is 0. The zero-order valence-electron chi connectivity index (χ0n) is 10.5. The molecule has 0 radical (unpaired) electrons. The highest BCUT2D eigenvalue weighted by molar-refractivity contribution is 5.58. The van der Waals surface area contributed by atoms with Gasteiger partial charge >= 0.3 is 6.18 Å². The molecule has 1 heterocycles. The average Bonchev–Trinajstić information content (AvgIpc) is 2.70. The molecule has 2 aliphatic rings. The van der Waals surface area contributed by atoms with Crippen LogP contribution in [0.1, 0.15) is 36.8 Å². The van der Waals surface area contributed by atoms with Crippen LogP contribution in [0, 0.1) is 5.92 Å². The third-order valence-electron chi connectivity index (χ3n) is 4.39. The molecular weight excluding hydrogens is 255 g/mol. The Morgan fingerprint density at radius 1 is 1.26 bits per heavy atom. The van der Waals surface area contributed by atoms with E-state index in [0.717, 1.165) is 11.8 Å². The molecule has 3 rings (SSSR count). The predicted octanol–water partition coefficient (Wildman–Crippen LogP) is 3.37. The smallest absolute Gasteiger partial charge is 0.393 e. The summed E-state index contributed by atoms with van der Waals surface area (Å²) in [7, 11) is 0. The molecule has 1 saturated carbocycles. The maximum Gasteiger partial charge on any atom is 0.416 e. The van der Waals surface area contributed by atoms with Crippen molar-refractivity contribution in [1.29, 1.82) is 0 Å². The maximum absolute atomic E-state index is 12.8. The molecule has 0 bridgehead atoms.